The van der Waals surface area contributed by atoms with Crippen LogP contribution in [-0.2, 0) is 6.18 Å². The molecule has 0 radical (unpaired) electrons. The van der Waals surface area contributed by atoms with E-state index in [0.29, 0.717) is 23.9 Å². The van der Waals surface area contributed by atoms with Gasteiger partial charge in [-0.3, -0.25) is 4.90 Å². The van der Waals surface area contributed by atoms with E-state index in [1.54, 1.807) is 12.1 Å². The molecule has 0 aromatic heterocycles. The minimum atomic E-state index is -4.31. The van der Waals surface area contributed by atoms with Crippen LogP contribution in [0.4, 0.5) is 18.9 Å². The van der Waals surface area contributed by atoms with Gasteiger partial charge >= 0.3 is 6.18 Å². The van der Waals surface area contributed by atoms with E-state index in [-0.39, 0.29) is 0 Å². The summed E-state index contributed by atoms with van der Waals surface area (Å²) < 4.78 is 50.8. The van der Waals surface area contributed by atoms with E-state index in [1.807, 2.05) is 18.2 Å². The van der Waals surface area contributed by atoms with Crippen LogP contribution in [0.15, 0.2) is 47.4 Å². The molecule has 1 fully saturated rings. The quantitative estimate of drug-likeness (QED) is 0.663. The Hall–Kier alpha value is -2.06. The Morgan fingerprint density at radius 3 is 2.45 bits per heavy atom. The number of para-hydroxylation sites is 1. The molecule has 156 valence electrons. The van der Waals surface area contributed by atoms with E-state index in [4.69, 9.17) is 9.47 Å². The van der Waals surface area contributed by atoms with Crippen LogP contribution in [0.25, 0.3) is 0 Å². The van der Waals surface area contributed by atoms with Gasteiger partial charge in [-0.05, 0) is 24.3 Å². The molecular weight excluding hydrogens is 401 g/mol. The molecule has 2 aliphatic rings. The van der Waals surface area contributed by atoms with E-state index in [1.165, 1.54) is 17.8 Å². The third-order valence-electron chi connectivity index (χ3n) is 5.12. The van der Waals surface area contributed by atoms with Crippen LogP contribution in [-0.4, -0.2) is 56.6 Å². The Kier molecular flexibility index (Phi) is 6.10. The molecule has 2 aromatic rings. The summed E-state index contributed by atoms with van der Waals surface area (Å²) in [5, 5.41) is 0. The van der Waals surface area contributed by atoms with Crippen LogP contribution in [0.1, 0.15) is 5.56 Å². The van der Waals surface area contributed by atoms with Gasteiger partial charge in [0, 0.05) is 43.4 Å². The number of nitrogens with zero attached hydrogens (tertiary/aromatic N) is 2. The zero-order valence-electron chi connectivity index (χ0n) is 16.0. The Bertz CT molecular complexity index is 839. The Labute approximate surface area is 172 Å². The standard InChI is InChI=1S/C21H23F3N2O2S/c22-21(23,24)16-4-1-2-7-19(16)29-15-12-25-8-10-26(11-9-25)17-5-3-6-18-20(17)28-14-13-27-18/h1-7H,8-15H2. The average molecular weight is 424 g/mol. The molecule has 0 saturated carbocycles. The van der Waals surface area contributed by atoms with Crippen molar-refractivity contribution in [1.82, 2.24) is 4.90 Å². The Morgan fingerprint density at radius 2 is 1.66 bits per heavy atom. The fourth-order valence-corrected chi connectivity index (χ4v) is 4.71. The molecule has 0 unspecified atom stereocenters. The van der Waals surface area contributed by atoms with Gasteiger partial charge in [-0.25, -0.2) is 0 Å². The number of alkyl halides is 3. The number of piperazine rings is 1. The van der Waals surface area contributed by atoms with E-state index in [0.717, 1.165) is 56.0 Å². The summed E-state index contributed by atoms with van der Waals surface area (Å²) in [4.78, 5) is 4.88. The molecule has 4 rings (SSSR count). The summed E-state index contributed by atoms with van der Waals surface area (Å²) >= 11 is 1.27. The number of rotatable bonds is 5. The first-order valence-electron chi connectivity index (χ1n) is 9.67. The van der Waals surface area contributed by atoms with E-state index < -0.39 is 11.7 Å². The van der Waals surface area contributed by atoms with Crippen molar-refractivity contribution >= 4 is 17.4 Å². The van der Waals surface area contributed by atoms with Crippen molar-refractivity contribution in [2.45, 2.75) is 11.1 Å². The first kappa shape index (κ1) is 20.2. The van der Waals surface area contributed by atoms with Gasteiger partial charge in [-0.1, -0.05) is 18.2 Å². The summed E-state index contributed by atoms with van der Waals surface area (Å²) in [5.74, 6) is 2.23. The maximum Gasteiger partial charge on any atom is 0.417 e. The number of benzene rings is 2. The molecule has 2 heterocycles. The largest absolute Gasteiger partial charge is 0.486 e. The maximum absolute atomic E-state index is 13.1. The summed E-state index contributed by atoms with van der Waals surface area (Å²) in [6.07, 6.45) is -4.31. The van der Waals surface area contributed by atoms with Crippen molar-refractivity contribution in [3.63, 3.8) is 0 Å². The molecule has 0 N–H and O–H groups in total. The first-order chi connectivity index (χ1) is 14.0. The lowest BCUT2D eigenvalue weighted by Crippen LogP contribution is -2.47. The van der Waals surface area contributed by atoms with Gasteiger partial charge < -0.3 is 14.4 Å². The SMILES string of the molecule is FC(F)(F)c1ccccc1SCCN1CCN(c2cccc3c2OCCO3)CC1. The second kappa shape index (κ2) is 8.75. The van der Waals surface area contributed by atoms with Gasteiger partial charge in [0.1, 0.15) is 13.2 Å². The topological polar surface area (TPSA) is 24.9 Å². The van der Waals surface area contributed by atoms with Gasteiger partial charge in [0.25, 0.3) is 0 Å². The molecule has 8 heteroatoms. The summed E-state index contributed by atoms with van der Waals surface area (Å²) in [5.41, 5.74) is 0.501. The smallest absolute Gasteiger partial charge is 0.417 e. The highest BCUT2D eigenvalue weighted by molar-refractivity contribution is 7.99. The van der Waals surface area contributed by atoms with Crippen molar-refractivity contribution in [2.75, 3.05) is 56.6 Å². The van der Waals surface area contributed by atoms with Crippen LogP contribution in [0.5, 0.6) is 11.5 Å². The fourth-order valence-electron chi connectivity index (χ4n) is 3.63. The molecule has 1 saturated heterocycles. The first-order valence-corrected chi connectivity index (χ1v) is 10.7. The zero-order valence-corrected chi connectivity index (χ0v) is 16.8. The molecule has 0 bridgehead atoms. The second-order valence-electron chi connectivity index (χ2n) is 6.97. The highest BCUT2D eigenvalue weighted by atomic mass is 32.2. The van der Waals surface area contributed by atoms with Gasteiger partial charge in [0.05, 0.1) is 11.3 Å². The van der Waals surface area contributed by atoms with Gasteiger partial charge in [-0.15, -0.1) is 11.8 Å². The summed E-state index contributed by atoms with van der Waals surface area (Å²) in [6.45, 7) is 5.32. The molecule has 2 aliphatic heterocycles. The molecule has 0 atom stereocenters. The van der Waals surface area contributed by atoms with E-state index in [9.17, 15) is 13.2 Å². The number of hydrogen-bond acceptors (Lipinski definition) is 5. The minimum Gasteiger partial charge on any atom is -0.486 e. The highest BCUT2D eigenvalue weighted by Crippen LogP contribution is 2.40. The maximum atomic E-state index is 13.1. The predicted octanol–water partition coefficient (Wildman–Crippen LogP) is 4.39. The lowest BCUT2D eigenvalue weighted by molar-refractivity contribution is -0.139. The highest BCUT2D eigenvalue weighted by Gasteiger charge is 2.33. The van der Waals surface area contributed by atoms with Crippen LogP contribution >= 0.6 is 11.8 Å². The fraction of sp³-hybridized carbons (Fsp3) is 0.429. The second-order valence-corrected chi connectivity index (χ2v) is 8.11. The van der Waals surface area contributed by atoms with Gasteiger partial charge in [0.15, 0.2) is 11.5 Å². The number of hydrogen-bond donors (Lipinski definition) is 0. The number of ether oxygens (including phenoxy) is 2. The number of anilines is 1. The molecule has 0 amide bonds. The monoisotopic (exact) mass is 424 g/mol. The average Bonchev–Trinajstić information content (AvgIpc) is 2.73. The summed E-state index contributed by atoms with van der Waals surface area (Å²) in [7, 11) is 0. The zero-order chi connectivity index (χ0) is 20.3. The Morgan fingerprint density at radius 1 is 0.897 bits per heavy atom. The molecule has 4 nitrogen and oxygen atoms in total. The number of thioether (sulfide) groups is 1. The van der Waals surface area contributed by atoms with E-state index in [2.05, 4.69) is 9.80 Å². The van der Waals surface area contributed by atoms with Crippen molar-refractivity contribution in [3.8, 4) is 11.5 Å². The predicted molar refractivity (Wildman–Crippen MR) is 108 cm³/mol. The van der Waals surface area contributed by atoms with Crippen LogP contribution in [0.3, 0.4) is 0 Å². The molecule has 2 aromatic carbocycles. The van der Waals surface area contributed by atoms with Gasteiger partial charge in [0.2, 0.25) is 0 Å². The third kappa shape index (κ3) is 4.75. The number of halogens is 3. The van der Waals surface area contributed by atoms with E-state index >= 15 is 0 Å². The minimum absolute atomic E-state index is 0.298. The third-order valence-corrected chi connectivity index (χ3v) is 6.17. The lowest BCUT2D eigenvalue weighted by Gasteiger charge is -2.37. The van der Waals surface area contributed by atoms with Crippen molar-refractivity contribution in [3.05, 3.63) is 48.0 Å². The number of fused-ring (bicyclic) bond motifs is 1. The van der Waals surface area contributed by atoms with Crippen molar-refractivity contribution in [2.24, 2.45) is 0 Å². The van der Waals surface area contributed by atoms with Crippen LogP contribution in [0.2, 0.25) is 0 Å². The van der Waals surface area contributed by atoms with Crippen LogP contribution < -0.4 is 14.4 Å². The molecule has 0 spiro atoms. The normalized spacial score (nSPS) is 17.4. The molecule has 29 heavy (non-hydrogen) atoms. The van der Waals surface area contributed by atoms with Crippen molar-refractivity contribution < 1.29 is 22.6 Å². The Balaban J connectivity index is 1.30. The lowest BCUT2D eigenvalue weighted by atomic mass is 10.2. The van der Waals surface area contributed by atoms with Crippen molar-refractivity contribution in [1.29, 1.82) is 0 Å². The van der Waals surface area contributed by atoms with Gasteiger partial charge in [-0.2, -0.15) is 13.2 Å². The summed E-state index contributed by atoms with van der Waals surface area (Å²) in [6, 6.07) is 11.7. The molecule has 0 aliphatic carbocycles. The molecular formula is C21H23F3N2O2S. The van der Waals surface area contributed by atoms with Crippen LogP contribution in [0, 0.1) is 0 Å².